The van der Waals surface area contributed by atoms with Gasteiger partial charge in [0.1, 0.15) is 12.4 Å². The zero-order valence-corrected chi connectivity index (χ0v) is 7.37. The second kappa shape index (κ2) is 4.39. The minimum atomic E-state index is -0.146. The Balaban J connectivity index is 2.99. The Labute approximate surface area is 77.1 Å². The van der Waals surface area contributed by atoms with Gasteiger partial charge in [0.05, 0.1) is 12.8 Å². The van der Waals surface area contributed by atoms with E-state index in [-0.39, 0.29) is 6.61 Å². The minimum Gasteiger partial charge on any atom is -0.495 e. The molecule has 0 aliphatic carbocycles. The molecule has 0 aliphatic rings. The first-order valence-electron chi connectivity index (χ1n) is 3.81. The highest BCUT2D eigenvalue weighted by molar-refractivity contribution is 5.56. The van der Waals surface area contributed by atoms with Crippen molar-refractivity contribution in [2.24, 2.45) is 0 Å². The van der Waals surface area contributed by atoms with Crippen LogP contribution in [0.5, 0.6) is 5.75 Å². The maximum Gasteiger partial charge on any atom is 0.142 e. The van der Waals surface area contributed by atoms with E-state index in [2.05, 4.69) is 11.8 Å². The molecule has 0 saturated heterocycles. The van der Waals surface area contributed by atoms with Crippen molar-refractivity contribution in [3.05, 3.63) is 23.8 Å². The Morgan fingerprint density at radius 3 is 2.92 bits per heavy atom. The van der Waals surface area contributed by atoms with E-state index in [1.807, 2.05) is 0 Å². The van der Waals surface area contributed by atoms with Crippen molar-refractivity contribution >= 4 is 5.69 Å². The highest BCUT2D eigenvalue weighted by Crippen LogP contribution is 2.21. The zero-order chi connectivity index (χ0) is 9.68. The van der Waals surface area contributed by atoms with Crippen molar-refractivity contribution in [2.75, 3.05) is 19.5 Å². The lowest BCUT2D eigenvalue weighted by Crippen LogP contribution is -1.92. The first-order chi connectivity index (χ1) is 6.27. The van der Waals surface area contributed by atoms with Crippen molar-refractivity contribution in [1.29, 1.82) is 0 Å². The fourth-order valence-electron chi connectivity index (χ4n) is 0.930. The topological polar surface area (TPSA) is 55.5 Å². The first-order valence-corrected chi connectivity index (χ1v) is 3.81. The Kier molecular flexibility index (Phi) is 3.18. The number of aliphatic hydroxyl groups is 1. The van der Waals surface area contributed by atoms with E-state index >= 15 is 0 Å². The van der Waals surface area contributed by atoms with Crippen LogP contribution in [0.1, 0.15) is 5.56 Å². The molecule has 3 heteroatoms. The van der Waals surface area contributed by atoms with Crippen LogP contribution in [0.2, 0.25) is 0 Å². The maximum absolute atomic E-state index is 8.48. The van der Waals surface area contributed by atoms with Crippen LogP contribution in [0, 0.1) is 11.8 Å². The smallest absolute Gasteiger partial charge is 0.142 e. The quantitative estimate of drug-likeness (QED) is 0.488. The van der Waals surface area contributed by atoms with E-state index in [0.717, 1.165) is 5.56 Å². The number of anilines is 1. The summed E-state index contributed by atoms with van der Waals surface area (Å²) < 4.78 is 5.01. The Morgan fingerprint density at radius 2 is 2.31 bits per heavy atom. The average Bonchev–Trinajstić information content (AvgIpc) is 2.16. The van der Waals surface area contributed by atoms with Crippen molar-refractivity contribution in [3.63, 3.8) is 0 Å². The van der Waals surface area contributed by atoms with E-state index in [1.54, 1.807) is 25.3 Å². The molecule has 1 aromatic carbocycles. The normalized spacial score (nSPS) is 8.77. The van der Waals surface area contributed by atoms with Crippen LogP contribution in [-0.4, -0.2) is 18.8 Å². The fourth-order valence-corrected chi connectivity index (χ4v) is 0.930. The van der Waals surface area contributed by atoms with Gasteiger partial charge in [-0.2, -0.15) is 0 Å². The van der Waals surface area contributed by atoms with Gasteiger partial charge in [-0.15, -0.1) is 0 Å². The van der Waals surface area contributed by atoms with Crippen LogP contribution in [0.15, 0.2) is 18.2 Å². The first kappa shape index (κ1) is 9.43. The molecule has 1 rings (SSSR count). The summed E-state index contributed by atoms with van der Waals surface area (Å²) in [7, 11) is 1.55. The number of ether oxygens (including phenoxy) is 1. The van der Waals surface area contributed by atoms with E-state index < -0.39 is 0 Å². The van der Waals surface area contributed by atoms with Crippen LogP contribution in [0.3, 0.4) is 0 Å². The number of hydrogen-bond donors (Lipinski definition) is 2. The van der Waals surface area contributed by atoms with E-state index in [9.17, 15) is 0 Å². The van der Waals surface area contributed by atoms with Gasteiger partial charge in [0, 0.05) is 5.56 Å². The van der Waals surface area contributed by atoms with E-state index in [1.165, 1.54) is 0 Å². The van der Waals surface area contributed by atoms with Gasteiger partial charge in [0.15, 0.2) is 0 Å². The summed E-state index contributed by atoms with van der Waals surface area (Å²) in [4.78, 5) is 0. The van der Waals surface area contributed by atoms with Crippen molar-refractivity contribution in [3.8, 4) is 17.6 Å². The molecule has 3 N–H and O–H groups in total. The third-order valence-electron chi connectivity index (χ3n) is 1.55. The van der Waals surface area contributed by atoms with Gasteiger partial charge in [-0.3, -0.25) is 0 Å². The van der Waals surface area contributed by atoms with Gasteiger partial charge in [0.2, 0.25) is 0 Å². The molecule has 0 saturated carbocycles. The van der Waals surface area contributed by atoms with Gasteiger partial charge >= 0.3 is 0 Å². The number of rotatable bonds is 1. The van der Waals surface area contributed by atoms with Crippen molar-refractivity contribution < 1.29 is 9.84 Å². The molecular weight excluding hydrogens is 166 g/mol. The lowest BCUT2D eigenvalue weighted by Gasteiger charge is -2.03. The molecule has 0 heterocycles. The summed E-state index contributed by atoms with van der Waals surface area (Å²) in [6.45, 7) is -0.146. The van der Waals surface area contributed by atoms with Crippen molar-refractivity contribution in [2.45, 2.75) is 0 Å². The molecule has 0 unspecified atom stereocenters. The summed E-state index contributed by atoms with van der Waals surface area (Å²) >= 11 is 0. The Hall–Kier alpha value is -1.66. The second-order valence-electron chi connectivity index (χ2n) is 2.42. The molecule has 13 heavy (non-hydrogen) atoms. The van der Waals surface area contributed by atoms with E-state index in [4.69, 9.17) is 15.6 Å². The predicted molar refractivity (Wildman–Crippen MR) is 51.4 cm³/mol. The third kappa shape index (κ3) is 2.39. The number of methoxy groups -OCH3 is 1. The number of hydrogen-bond acceptors (Lipinski definition) is 3. The lowest BCUT2D eigenvalue weighted by molar-refractivity contribution is 0.350. The highest BCUT2D eigenvalue weighted by atomic mass is 16.5. The highest BCUT2D eigenvalue weighted by Gasteiger charge is 1.97. The number of nitrogen functional groups attached to an aromatic ring is 1. The van der Waals surface area contributed by atoms with Crippen LogP contribution in [-0.2, 0) is 0 Å². The largest absolute Gasteiger partial charge is 0.495 e. The molecular formula is C10H11NO2. The standard InChI is InChI=1S/C10H11NO2/c1-13-10-7-8(3-2-6-12)4-5-9(10)11/h4-5,7,12H,6,11H2,1H3. The second-order valence-corrected chi connectivity index (χ2v) is 2.42. The molecule has 0 radical (unpaired) electrons. The van der Waals surface area contributed by atoms with Crippen molar-refractivity contribution in [1.82, 2.24) is 0 Å². The molecule has 0 aromatic heterocycles. The zero-order valence-electron chi connectivity index (χ0n) is 7.37. The van der Waals surface area contributed by atoms with Gasteiger partial charge in [-0.05, 0) is 18.2 Å². The SMILES string of the molecule is COc1cc(C#CCO)ccc1N. The summed E-state index contributed by atoms with van der Waals surface area (Å²) in [5.74, 6) is 5.91. The molecule has 0 spiro atoms. The molecule has 1 aromatic rings. The van der Waals surface area contributed by atoms with Crippen LogP contribution in [0.4, 0.5) is 5.69 Å². The molecule has 3 nitrogen and oxygen atoms in total. The van der Waals surface area contributed by atoms with Gasteiger partial charge in [0.25, 0.3) is 0 Å². The molecule has 0 bridgehead atoms. The van der Waals surface area contributed by atoms with Gasteiger partial charge in [-0.25, -0.2) is 0 Å². The maximum atomic E-state index is 8.48. The number of aliphatic hydroxyl groups excluding tert-OH is 1. The third-order valence-corrected chi connectivity index (χ3v) is 1.55. The van der Waals surface area contributed by atoms with E-state index in [0.29, 0.717) is 11.4 Å². The fraction of sp³-hybridized carbons (Fsp3) is 0.200. The van der Waals surface area contributed by atoms with Gasteiger partial charge < -0.3 is 15.6 Å². The molecule has 0 aliphatic heterocycles. The monoisotopic (exact) mass is 177 g/mol. The van der Waals surface area contributed by atoms with Crippen LogP contribution in [0.25, 0.3) is 0 Å². The van der Waals surface area contributed by atoms with Crippen LogP contribution < -0.4 is 10.5 Å². The average molecular weight is 177 g/mol. The molecule has 0 fully saturated rings. The van der Waals surface area contributed by atoms with Gasteiger partial charge in [-0.1, -0.05) is 11.8 Å². The predicted octanol–water partition coefficient (Wildman–Crippen LogP) is 0.621. The summed E-state index contributed by atoms with van der Waals surface area (Å²) in [5, 5.41) is 8.48. The Bertz CT molecular complexity index is 350. The number of nitrogens with two attached hydrogens (primary N) is 1. The molecule has 0 atom stereocenters. The Morgan fingerprint density at radius 1 is 1.54 bits per heavy atom. The lowest BCUT2D eigenvalue weighted by atomic mass is 10.2. The molecule has 68 valence electrons. The summed E-state index contributed by atoms with van der Waals surface area (Å²) in [6, 6.07) is 5.23. The number of benzene rings is 1. The summed E-state index contributed by atoms with van der Waals surface area (Å²) in [6.07, 6.45) is 0. The molecule has 0 amide bonds. The summed E-state index contributed by atoms with van der Waals surface area (Å²) in [5.41, 5.74) is 6.96. The van der Waals surface area contributed by atoms with Crippen LogP contribution >= 0.6 is 0 Å². The minimum absolute atomic E-state index is 0.146.